The fraction of sp³-hybridized carbons (Fsp3) is 0.667. The molecule has 1 rings (SSSR count). The molecular formula is C9H15F2N3. The molecule has 1 aromatic heterocycles. The molecule has 1 heterocycles. The third-order valence-corrected chi connectivity index (χ3v) is 2.04. The second-order valence-electron chi connectivity index (χ2n) is 3.20. The Bertz CT molecular complexity index is 273. The first kappa shape index (κ1) is 11.1. The number of nitrogens with one attached hydrogen (secondary N) is 1. The summed E-state index contributed by atoms with van der Waals surface area (Å²) in [5.74, 6) is 0. The topological polar surface area (TPSA) is 29.9 Å². The molecule has 0 aliphatic carbocycles. The molecule has 0 aromatic carbocycles. The quantitative estimate of drug-likeness (QED) is 0.789. The van der Waals surface area contributed by atoms with Gasteiger partial charge >= 0.3 is 0 Å². The van der Waals surface area contributed by atoms with Crippen LogP contribution in [0.2, 0.25) is 0 Å². The number of nitrogens with zero attached hydrogens (tertiary/aromatic N) is 2. The van der Waals surface area contributed by atoms with Crippen LogP contribution in [0.3, 0.4) is 0 Å². The van der Waals surface area contributed by atoms with Gasteiger partial charge in [0.25, 0.3) is 6.43 Å². The van der Waals surface area contributed by atoms with Gasteiger partial charge in [-0.2, -0.15) is 0 Å². The van der Waals surface area contributed by atoms with Crippen molar-refractivity contribution in [3.05, 3.63) is 18.2 Å². The maximum atomic E-state index is 12.7. The van der Waals surface area contributed by atoms with E-state index in [1.807, 2.05) is 6.92 Å². The largest absolute Gasteiger partial charge is 0.336 e. The number of hydrogen-bond donors (Lipinski definition) is 1. The molecule has 0 aliphatic heterocycles. The lowest BCUT2D eigenvalue weighted by atomic mass is 10.2. The lowest BCUT2D eigenvalue weighted by Crippen LogP contribution is -2.29. The number of rotatable bonds is 5. The number of alkyl halides is 2. The van der Waals surface area contributed by atoms with Crippen LogP contribution in [0.25, 0.3) is 0 Å². The highest BCUT2D eigenvalue weighted by molar-refractivity contribution is 5.05. The zero-order valence-corrected chi connectivity index (χ0v) is 8.37. The molecule has 1 N–H and O–H groups in total. The van der Waals surface area contributed by atoms with Gasteiger partial charge in [0.2, 0.25) is 0 Å². The minimum absolute atomic E-state index is 0.522. The van der Waals surface area contributed by atoms with Crippen LogP contribution in [0, 0.1) is 0 Å². The highest BCUT2D eigenvalue weighted by Crippen LogP contribution is 2.19. The van der Waals surface area contributed by atoms with Crippen molar-refractivity contribution in [1.29, 1.82) is 0 Å². The lowest BCUT2D eigenvalue weighted by Gasteiger charge is -2.17. The van der Waals surface area contributed by atoms with Gasteiger partial charge in [-0.1, -0.05) is 6.92 Å². The Hall–Kier alpha value is -0.970. The molecule has 1 aromatic rings. The van der Waals surface area contributed by atoms with Crippen molar-refractivity contribution in [2.45, 2.75) is 25.8 Å². The Balaban J connectivity index is 2.73. The van der Waals surface area contributed by atoms with Gasteiger partial charge < -0.3 is 9.88 Å². The summed E-state index contributed by atoms with van der Waals surface area (Å²) in [5.41, 5.74) is 0.522. The van der Waals surface area contributed by atoms with E-state index >= 15 is 0 Å². The number of imidazole rings is 1. The van der Waals surface area contributed by atoms with Gasteiger partial charge in [-0.25, -0.2) is 13.8 Å². The molecule has 80 valence electrons. The molecule has 0 bridgehead atoms. The summed E-state index contributed by atoms with van der Waals surface area (Å²) in [5, 5.41) is 2.80. The molecule has 3 nitrogen and oxygen atoms in total. The van der Waals surface area contributed by atoms with Crippen LogP contribution in [-0.2, 0) is 7.05 Å². The van der Waals surface area contributed by atoms with Crippen LogP contribution in [0.4, 0.5) is 8.78 Å². The standard InChI is InChI=1S/C9H15F2N3/c1-3-4-13-8(9(10)11)7-5-12-6-14(7)2/h5-6,8-9,13H,3-4H2,1-2H3. The predicted octanol–water partition coefficient (Wildman–Crippen LogP) is 1.73. The van der Waals surface area contributed by atoms with Gasteiger partial charge in [-0.15, -0.1) is 0 Å². The Morgan fingerprint density at radius 1 is 1.57 bits per heavy atom. The molecule has 0 fully saturated rings. The first-order chi connectivity index (χ1) is 6.66. The summed E-state index contributed by atoms with van der Waals surface area (Å²) in [6, 6.07) is -0.914. The summed E-state index contributed by atoms with van der Waals surface area (Å²) in [4.78, 5) is 3.82. The Morgan fingerprint density at radius 3 is 2.71 bits per heavy atom. The van der Waals surface area contributed by atoms with Crippen molar-refractivity contribution in [1.82, 2.24) is 14.9 Å². The molecule has 0 amide bonds. The van der Waals surface area contributed by atoms with Crippen LogP contribution in [0.15, 0.2) is 12.5 Å². The zero-order chi connectivity index (χ0) is 10.6. The predicted molar refractivity (Wildman–Crippen MR) is 50.2 cm³/mol. The second-order valence-corrected chi connectivity index (χ2v) is 3.20. The summed E-state index contributed by atoms with van der Waals surface area (Å²) >= 11 is 0. The molecule has 1 atom stereocenters. The van der Waals surface area contributed by atoms with E-state index in [1.54, 1.807) is 11.6 Å². The Kier molecular flexibility index (Phi) is 4.00. The monoisotopic (exact) mass is 203 g/mol. The molecular weight excluding hydrogens is 188 g/mol. The minimum atomic E-state index is -2.41. The number of halogens is 2. The van der Waals surface area contributed by atoms with E-state index in [4.69, 9.17) is 0 Å². The van der Waals surface area contributed by atoms with Crippen LogP contribution >= 0.6 is 0 Å². The molecule has 5 heteroatoms. The highest BCUT2D eigenvalue weighted by Gasteiger charge is 2.23. The second kappa shape index (κ2) is 5.05. The molecule has 0 radical (unpaired) electrons. The van der Waals surface area contributed by atoms with Gasteiger partial charge in [0.05, 0.1) is 12.0 Å². The Morgan fingerprint density at radius 2 is 2.29 bits per heavy atom. The van der Waals surface area contributed by atoms with Crippen molar-refractivity contribution < 1.29 is 8.78 Å². The maximum Gasteiger partial charge on any atom is 0.259 e. The summed E-state index contributed by atoms with van der Waals surface area (Å²) in [6.07, 6.45) is 1.43. The van der Waals surface area contributed by atoms with Crippen molar-refractivity contribution in [3.63, 3.8) is 0 Å². The first-order valence-corrected chi connectivity index (χ1v) is 4.64. The van der Waals surface area contributed by atoms with E-state index in [2.05, 4.69) is 10.3 Å². The van der Waals surface area contributed by atoms with Crippen LogP contribution in [0.1, 0.15) is 25.1 Å². The zero-order valence-electron chi connectivity index (χ0n) is 8.37. The van der Waals surface area contributed by atoms with Crippen molar-refractivity contribution >= 4 is 0 Å². The highest BCUT2D eigenvalue weighted by atomic mass is 19.3. The van der Waals surface area contributed by atoms with Gasteiger partial charge in [-0.3, -0.25) is 0 Å². The van der Waals surface area contributed by atoms with Crippen LogP contribution in [-0.4, -0.2) is 22.5 Å². The van der Waals surface area contributed by atoms with E-state index in [9.17, 15) is 8.78 Å². The molecule has 0 saturated heterocycles. The van der Waals surface area contributed by atoms with E-state index in [1.165, 1.54) is 12.5 Å². The van der Waals surface area contributed by atoms with Crippen LogP contribution < -0.4 is 5.32 Å². The number of aromatic nitrogens is 2. The van der Waals surface area contributed by atoms with E-state index in [0.29, 0.717) is 12.2 Å². The number of hydrogen-bond acceptors (Lipinski definition) is 2. The summed E-state index contributed by atoms with van der Waals surface area (Å²) in [6.45, 7) is 2.53. The molecule has 14 heavy (non-hydrogen) atoms. The molecule has 0 aliphatic rings. The third kappa shape index (κ3) is 2.51. The van der Waals surface area contributed by atoms with Crippen LogP contribution in [0.5, 0.6) is 0 Å². The summed E-state index contributed by atoms with van der Waals surface area (Å²) < 4.78 is 26.9. The fourth-order valence-electron chi connectivity index (χ4n) is 1.29. The SMILES string of the molecule is CCCNC(c1cncn1C)C(F)F. The average molecular weight is 203 g/mol. The fourth-order valence-corrected chi connectivity index (χ4v) is 1.29. The first-order valence-electron chi connectivity index (χ1n) is 4.64. The van der Waals surface area contributed by atoms with Crippen molar-refractivity contribution in [3.8, 4) is 0 Å². The van der Waals surface area contributed by atoms with E-state index in [0.717, 1.165) is 6.42 Å². The molecule has 1 unspecified atom stereocenters. The molecule has 0 saturated carbocycles. The van der Waals surface area contributed by atoms with Gasteiger partial charge in [0.15, 0.2) is 0 Å². The van der Waals surface area contributed by atoms with E-state index < -0.39 is 12.5 Å². The molecule has 0 spiro atoms. The minimum Gasteiger partial charge on any atom is -0.336 e. The lowest BCUT2D eigenvalue weighted by molar-refractivity contribution is 0.0953. The van der Waals surface area contributed by atoms with Crippen molar-refractivity contribution in [2.24, 2.45) is 7.05 Å². The van der Waals surface area contributed by atoms with Gasteiger partial charge in [0, 0.05) is 13.2 Å². The normalized spacial score (nSPS) is 13.5. The smallest absolute Gasteiger partial charge is 0.259 e. The van der Waals surface area contributed by atoms with Gasteiger partial charge in [0.1, 0.15) is 6.04 Å². The third-order valence-electron chi connectivity index (χ3n) is 2.04. The maximum absolute atomic E-state index is 12.7. The van der Waals surface area contributed by atoms with E-state index in [-0.39, 0.29) is 0 Å². The summed E-state index contributed by atoms with van der Waals surface area (Å²) in [7, 11) is 1.71. The number of aryl methyl sites for hydroxylation is 1. The van der Waals surface area contributed by atoms with Crippen molar-refractivity contribution in [2.75, 3.05) is 6.54 Å². The Labute approximate surface area is 82.1 Å². The average Bonchev–Trinajstić information content (AvgIpc) is 2.52. The van der Waals surface area contributed by atoms with Gasteiger partial charge in [-0.05, 0) is 13.0 Å².